The van der Waals surface area contributed by atoms with Crippen molar-refractivity contribution in [2.45, 2.75) is 25.2 Å². The van der Waals surface area contributed by atoms with Crippen molar-refractivity contribution in [1.82, 2.24) is 0 Å². The van der Waals surface area contributed by atoms with Gasteiger partial charge in [0.2, 0.25) is 5.78 Å². The fraction of sp³-hybridized carbons (Fsp3) is 0.571. The quantitative estimate of drug-likeness (QED) is 0.505. The van der Waals surface area contributed by atoms with Crippen LogP contribution >= 0.6 is 0 Å². The summed E-state index contributed by atoms with van der Waals surface area (Å²) in [6, 6.07) is 0. The molecule has 1 unspecified atom stereocenters. The molecule has 0 fully saturated rings. The Bertz CT molecular complexity index is 329. The number of aliphatic hydroxyl groups is 1. The van der Waals surface area contributed by atoms with Gasteiger partial charge in [0.25, 0.3) is 4.93 Å². The van der Waals surface area contributed by atoms with E-state index in [9.17, 15) is 18.3 Å². The van der Waals surface area contributed by atoms with Crippen molar-refractivity contribution in [3.8, 4) is 0 Å². The van der Waals surface area contributed by atoms with E-state index in [0.29, 0.717) is 0 Å². The largest absolute Gasteiger partial charge is 0.367 e. The van der Waals surface area contributed by atoms with Crippen LogP contribution in [0.25, 0.3) is 0 Å². The highest BCUT2D eigenvalue weighted by molar-refractivity contribution is 7.87. The van der Waals surface area contributed by atoms with E-state index >= 15 is 0 Å². The molecule has 0 aliphatic heterocycles. The molecule has 0 aromatic rings. The fourth-order valence-corrected chi connectivity index (χ4v) is 1.57. The molecule has 13 heavy (non-hydrogen) atoms. The maximum absolute atomic E-state index is 11.2. The molecule has 0 rings (SSSR count). The molecule has 5 nitrogen and oxygen atoms in total. The van der Waals surface area contributed by atoms with Crippen molar-refractivity contribution in [2.75, 3.05) is 0 Å². The number of carbonyl (C=O) groups is 1. The molecule has 76 valence electrons. The highest BCUT2D eigenvalue weighted by Crippen LogP contribution is 2.21. The molecule has 0 aliphatic carbocycles. The average Bonchev–Trinajstić information content (AvgIpc) is 1.99. The van der Waals surface area contributed by atoms with E-state index in [1.54, 1.807) is 0 Å². The number of rotatable bonds is 4. The van der Waals surface area contributed by atoms with Gasteiger partial charge < -0.3 is 5.11 Å². The normalized spacial score (nSPS) is 16.3. The van der Waals surface area contributed by atoms with E-state index in [0.717, 1.165) is 0 Å². The van der Waals surface area contributed by atoms with Gasteiger partial charge in [-0.2, -0.15) is 8.42 Å². The molecule has 0 saturated heterocycles. The zero-order valence-corrected chi connectivity index (χ0v) is 8.26. The lowest BCUT2D eigenvalue weighted by atomic mass is 10.1. The second-order valence-electron chi connectivity index (χ2n) is 2.72. The Kier molecular flexibility index (Phi) is 3.37. The molecule has 6 heteroatoms. The van der Waals surface area contributed by atoms with Gasteiger partial charge in [-0.1, -0.05) is 13.5 Å². The minimum atomic E-state index is -4.81. The van der Waals surface area contributed by atoms with Crippen molar-refractivity contribution in [1.29, 1.82) is 0 Å². The zero-order valence-electron chi connectivity index (χ0n) is 7.44. The van der Waals surface area contributed by atoms with Crippen molar-refractivity contribution in [3.63, 3.8) is 0 Å². The summed E-state index contributed by atoms with van der Waals surface area (Å²) in [4.78, 5) is 8.40. The first-order valence-electron chi connectivity index (χ1n) is 3.56. The average molecular weight is 208 g/mol. The minimum absolute atomic E-state index is 0.123. The van der Waals surface area contributed by atoms with Gasteiger partial charge in [0.1, 0.15) is 0 Å². The SMILES string of the molecule is C=C(C)C(=O)C(O)(CC)S(=O)(=O)O. The maximum atomic E-state index is 11.2. The first kappa shape index (κ1) is 12.3. The lowest BCUT2D eigenvalue weighted by molar-refractivity contribution is -0.126. The van der Waals surface area contributed by atoms with Gasteiger partial charge in [-0.25, -0.2) is 0 Å². The molecule has 0 amide bonds. The monoisotopic (exact) mass is 208 g/mol. The first-order valence-corrected chi connectivity index (χ1v) is 5.00. The Morgan fingerprint density at radius 3 is 2.00 bits per heavy atom. The van der Waals surface area contributed by atoms with Gasteiger partial charge >= 0.3 is 10.1 Å². The Morgan fingerprint density at radius 2 is 1.92 bits per heavy atom. The second kappa shape index (κ2) is 3.57. The van der Waals surface area contributed by atoms with Gasteiger partial charge in [0.15, 0.2) is 0 Å². The molecule has 0 saturated carbocycles. The topological polar surface area (TPSA) is 91.7 Å². The van der Waals surface area contributed by atoms with E-state index in [1.165, 1.54) is 13.8 Å². The van der Waals surface area contributed by atoms with E-state index in [-0.39, 0.29) is 5.57 Å². The lowest BCUT2D eigenvalue weighted by Crippen LogP contribution is -2.45. The van der Waals surface area contributed by atoms with E-state index < -0.39 is 27.3 Å². The second-order valence-corrected chi connectivity index (χ2v) is 4.35. The predicted octanol–water partition coefficient (Wildman–Crippen LogP) is 0.118. The maximum Gasteiger partial charge on any atom is 0.302 e. The Morgan fingerprint density at radius 1 is 1.54 bits per heavy atom. The standard InChI is InChI=1S/C7H12O5S/c1-4-7(9,13(10,11)12)6(8)5(2)3/h9H,2,4H2,1,3H3,(H,10,11,12). The summed E-state index contributed by atoms with van der Waals surface area (Å²) < 4.78 is 30.0. The highest BCUT2D eigenvalue weighted by atomic mass is 32.2. The number of carbonyl (C=O) groups excluding carboxylic acids is 1. The molecule has 0 aliphatic rings. The Hall–Kier alpha value is -0.720. The fourth-order valence-electron chi connectivity index (χ4n) is 0.794. The van der Waals surface area contributed by atoms with Gasteiger partial charge in [0, 0.05) is 0 Å². The van der Waals surface area contributed by atoms with Crippen LogP contribution in [0.1, 0.15) is 20.3 Å². The molecule has 0 spiro atoms. The van der Waals surface area contributed by atoms with Gasteiger partial charge in [-0.15, -0.1) is 0 Å². The smallest absolute Gasteiger partial charge is 0.302 e. The van der Waals surface area contributed by atoms with Crippen LogP contribution in [0.15, 0.2) is 12.2 Å². The van der Waals surface area contributed by atoms with Crippen molar-refractivity contribution in [2.24, 2.45) is 0 Å². The van der Waals surface area contributed by atoms with Crippen LogP contribution < -0.4 is 0 Å². The van der Waals surface area contributed by atoms with Crippen LogP contribution in [0, 0.1) is 0 Å². The Labute approximate surface area is 76.8 Å². The van der Waals surface area contributed by atoms with Crippen LogP contribution in [-0.4, -0.2) is 28.8 Å². The van der Waals surface area contributed by atoms with Crippen molar-refractivity contribution in [3.05, 3.63) is 12.2 Å². The summed E-state index contributed by atoms with van der Waals surface area (Å²) in [6.45, 7) is 5.73. The summed E-state index contributed by atoms with van der Waals surface area (Å²) >= 11 is 0. The van der Waals surface area contributed by atoms with E-state index in [1.807, 2.05) is 0 Å². The number of ketones is 1. The molecule has 0 heterocycles. The van der Waals surface area contributed by atoms with E-state index in [4.69, 9.17) is 4.55 Å². The summed E-state index contributed by atoms with van der Waals surface area (Å²) in [5, 5.41) is 9.35. The summed E-state index contributed by atoms with van der Waals surface area (Å²) in [6.07, 6.45) is -0.419. The van der Waals surface area contributed by atoms with Gasteiger partial charge in [0.05, 0.1) is 0 Å². The Balaban J connectivity index is 5.33. The molecule has 0 radical (unpaired) electrons. The third-order valence-corrected chi connectivity index (χ3v) is 2.98. The molecule has 0 bridgehead atoms. The summed E-state index contributed by atoms with van der Waals surface area (Å²) in [5.74, 6) is -1.09. The van der Waals surface area contributed by atoms with Crippen LogP contribution in [-0.2, 0) is 14.9 Å². The van der Waals surface area contributed by atoms with Crippen LogP contribution in [0.5, 0.6) is 0 Å². The molecule has 0 aromatic heterocycles. The molecular formula is C7H12O5S. The number of Topliss-reactive ketones (excluding diaryl/α,β-unsaturated/α-hetero) is 1. The molecular weight excluding hydrogens is 196 g/mol. The third-order valence-electron chi connectivity index (χ3n) is 1.65. The number of hydrogen-bond donors (Lipinski definition) is 2. The third kappa shape index (κ3) is 2.15. The first-order chi connectivity index (χ1) is 5.66. The lowest BCUT2D eigenvalue weighted by Gasteiger charge is -2.21. The molecule has 1 atom stereocenters. The van der Waals surface area contributed by atoms with Crippen LogP contribution in [0.2, 0.25) is 0 Å². The molecule has 0 aromatic carbocycles. The van der Waals surface area contributed by atoms with Crippen LogP contribution in [0.4, 0.5) is 0 Å². The van der Waals surface area contributed by atoms with Crippen LogP contribution in [0.3, 0.4) is 0 Å². The minimum Gasteiger partial charge on any atom is -0.367 e. The van der Waals surface area contributed by atoms with E-state index in [2.05, 4.69) is 6.58 Å². The number of hydrogen-bond acceptors (Lipinski definition) is 4. The zero-order chi connectivity index (χ0) is 10.9. The van der Waals surface area contributed by atoms with Gasteiger partial charge in [-0.3, -0.25) is 9.35 Å². The molecule has 2 N–H and O–H groups in total. The van der Waals surface area contributed by atoms with Crippen molar-refractivity contribution < 1.29 is 22.9 Å². The van der Waals surface area contributed by atoms with Gasteiger partial charge in [-0.05, 0) is 18.9 Å². The van der Waals surface area contributed by atoms with Crippen molar-refractivity contribution >= 4 is 15.9 Å². The summed E-state index contributed by atoms with van der Waals surface area (Å²) in [7, 11) is -4.81. The predicted molar refractivity (Wildman–Crippen MR) is 46.6 cm³/mol. The summed E-state index contributed by atoms with van der Waals surface area (Å²) in [5.41, 5.74) is -0.123. The highest BCUT2D eigenvalue weighted by Gasteiger charge is 2.46.